The van der Waals surface area contributed by atoms with E-state index >= 15 is 0 Å². The van der Waals surface area contributed by atoms with Crippen LogP contribution in [0.4, 0.5) is 0 Å². The van der Waals surface area contributed by atoms with Gasteiger partial charge in [-0.15, -0.1) is 11.3 Å². The Kier molecular flexibility index (Phi) is 4.27. The molecule has 2 heterocycles. The number of H-pyrrole nitrogens is 1. The maximum absolute atomic E-state index is 12.5. The number of hydrogen-bond donors (Lipinski definition) is 1. The molecule has 0 atom stereocenters. The van der Waals surface area contributed by atoms with Crippen molar-refractivity contribution in [2.24, 2.45) is 0 Å². The lowest BCUT2D eigenvalue weighted by atomic mass is 9.97. The zero-order chi connectivity index (χ0) is 18.1. The van der Waals surface area contributed by atoms with Gasteiger partial charge in [-0.3, -0.25) is 4.79 Å². The van der Waals surface area contributed by atoms with Crippen molar-refractivity contribution in [1.29, 1.82) is 5.26 Å². The fourth-order valence-corrected chi connectivity index (χ4v) is 4.46. The van der Waals surface area contributed by atoms with Crippen LogP contribution in [-0.4, -0.2) is 15.9 Å². The van der Waals surface area contributed by atoms with E-state index in [4.69, 9.17) is 10.00 Å². The molecule has 0 unspecified atom stereocenters. The first-order valence-electron chi connectivity index (χ1n) is 8.36. The summed E-state index contributed by atoms with van der Waals surface area (Å²) >= 11 is 1.56. The van der Waals surface area contributed by atoms with Gasteiger partial charge in [0.2, 0.25) is 0 Å². The molecule has 2 aromatic heterocycles. The summed E-state index contributed by atoms with van der Waals surface area (Å²) in [6.07, 6.45) is 4.17. The van der Waals surface area contributed by atoms with Gasteiger partial charge >= 0.3 is 5.97 Å². The highest BCUT2D eigenvalue weighted by atomic mass is 32.1. The quantitative estimate of drug-likeness (QED) is 0.720. The number of carbonyl (C=O) groups excluding carboxylic acids is 1. The van der Waals surface area contributed by atoms with E-state index in [1.165, 1.54) is 17.0 Å². The number of hydrogen-bond acceptors (Lipinski definition) is 6. The van der Waals surface area contributed by atoms with Crippen LogP contribution in [0.15, 0.2) is 29.1 Å². The van der Waals surface area contributed by atoms with Gasteiger partial charge < -0.3 is 9.72 Å². The second-order valence-corrected chi connectivity index (χ2v) is 7.25. The lowest BCUT2D eigenvalue weighted by molar-refractivity contribution is 0.0462. The average Bonchev–Trinajstić information content (AvgIpc) is 3.05. The zero-order valence-corrected chi connectivity index (χ0v) is 14.7. The summed E-state index contributed by atoms with van der Waals surface area (Å²) in [5.41, 5.74) is 1.78. The van der Waals surface area contributed by atoms with Crippen molar-refractivity contribution in [3.63, 3.8) is 0 Å². The molecular formula is C19H15N3O3S. The van der Waals surface area contributed by atoms with E-state index in [-0.39, 0.29) is 12.2 Å². The number of nitrogens with one attached hydrogen (secondary N) is 1. The Morgan fingerprint density at radius 1 is 1.27 bits per heavy atom. The monoisotopic (exact) mass is 365 g/mol. The first-order valence-corrected chi connectivity index (χ1v) is 9.18. The summed E-state index contributed by atoms with van der Waals surface area (Å²) in [6.45, 7) is -0.105. The van der Waals surface area contributed by atoms with Crippen LogP contribution in [0, 0.1) is 11.3 Å². The second kappa shape index (κ2) is 6.73. The molecular weight excluding hydrogens is 350 g/mol. The third-order valence-electron chi connectivity index (χ3n) is 4.46. The number of aromatic amines is 1. The standard InChI is InChI=1S/C19H15N3O3S/c20-9-11-5-7-12(8-6-11)19(24)25-10-15-21-17(23)16-13-3-1-2-4-14(13)26-18(16)22-15/h5-8H,1-4,10H2,(H,21,22,23). The van der Waals surface area contributed by atoms with Crippen molar-refractivity contribution in [2.75, 3.05) is 0 Å². The van der Waals surface area contributed by atoms with Crippen LogP contribution in [0.1, 0.15) is 45.0 Å². The second-order valence-electron chi connectivity index (χ2n) is 6.17. The molecule has 0 aliphatic heterocycles. The molecule has 6 nitrogen and oxygen atoms in total. The van der Waals surface area contributed by atoms with Gasteiger partial charge in [0.1, 0.15) is 17.3 Å². The largest absolute Gasteiger partial charge is 0.454 e. The van der Waals surface area contributed by atoms with Crippen LogP contribution in [0.3, 0.4) is 0 Å². The first kappa shape index (κ1) is 16.5. The van der Waals surface area contributed by atoms with Gasteiger partial charge in [0, 0.05) is 4.88 Å². The van der Waals surface area contributed by atoms with Crippen LogP contribution in [0.2, 0.25) is 0 Å². The molecule has 0 fully saturated rings. The molecule has 0 radical (unpaired) electrons. The van der Waals surface area contributed by atoms with Gasteiger partial charge in [0.15, 0.2) is 0 Å². The van der Waals surface area contributed by atoms with Gasteiger partial charge in [-0.05, 0) is 55.5 Å². The van der Waals surface area contributed by atoms with Crippen LogP contribution in [-0.2, 0) is 24.2 Å². The van der Waals surface area contributed by atoms with Crippen LogP contribution >= 0.6 is 11.3 Å². The number of aromatic nitrogens is 2. The molecule has 0 amide bonds. The van der Waals surface area contributed by atoms with Crippen molar-refractivity contribution in [3.05, 3.63) is 62.0 Å². The van der Waals surface area contributed by atoms with Gasteiger partial charge in [0.25, 0.3) is 5.56 Å². The number of benzene rings is 1. The minimum absolute atomic E-state index is 0.105. The predicted octanol–water partition coefficient (Wildman–Crippen LogP) is 3.09. The normalized spacial score (nSPS) is 13.2. The molecule has 130 valence electrons. The van der Waals surface area contributed by atoms with E-state index in [0.717, 1.165) is 31.2 Å². The molecule has 7 heteroatoms. The Labute approximate surface area is 153 Å². The van der Waals surface area contributed by atoms with Gasteiger partial charge in [-0.25, -0.2) is 9.78 Å². The number of carbonyl (C=O) groups is 1. The van der Waals surface area contributed by atoms with E-state index < -0.39 is 5.97 Å². The molecule has 26 heavy (non-hydrogen) atoms. The highest BCUT2D eigenvalue weighted by molar-refractivity contribution is 7.18. The Morgan fingerprint density at radius 2 is 2.04 bits per heavy atom. The number of nitriles is 1. The molecule has 0 saturated carbocycles. The van der Waals surface area contributed by atoms with Crippen molar-refractivity contribution in [3.8, 4) is 6.07 Å². The van der Waals surface area contributed by atoms with Crippen LogP contribution in [0.25, 0.3) is 10.2 Å². The minimum atomic E-state index is -0.525. The van der Waals surface area contributed by atoms with Crippen molar-refractivity contribution in [2.45, 2.75) is 32.3 Å². The van der Waals surface area contributed by atoms with E-state index in [1.54, 1.807) is 23.5 Å². The zero-order valence-electron chi connectivity index (χ0n) is 13.9. The van der Waals surface area contributed by atoms with E-state index in [9.17, 15) is 9.59 Å². The Hall–Kier alpha value is -2.98. The summed E-state index contributed by atoms with van der Waals surface area (Å²) < 4.78 is 5.24. The molecule has 1 aromatic carbocycles. The maximum atomic E-state index is 12.5. The smallest absolute Gasteiger partial charge is 0.338 e. The Morgan fingerprint density at radius 3 is 2.81 bits per heavy atom. The summed E-state index contributed by atoms with van der Waals surface area (Å²) in [6, 6.07) is 8.17. The van der Waals surface area contributed by atoms with Crippen molar-refractivity contribution in [1.82, 2.24) is 9.97 Å². The van der Waals surface area contributed by atoms with Crippen LogP contribution < -0.4 is 5.56 Å². The Balaban J connectivity index is 1.55. The average molecular weight is 365 g/mol. The predicted molar refractivity (Wildman–Crippen MR) is 97.2 cm³/mol. The SMILES string of the molecule is N#Cc1ccc(C(=O)OCc2nc3sc4c(c3c(=O)[nH]2)CCCC4)cc1. The third kappa shape index (κ3) is 3.00. The number of aryl methyl sites for hydroxylation is 2. The first-order chi connectivity index (χ1) is 12.7. The van der Waals surface area contributed by atoms with Gasteiger partial charge in [-0.1, -0.05) is 0 Å². The van der Waals surface area contributed by atoms with E-state index in [1.807, 2.05) is 6.07 Å². The number of fused-ring (bicyclic) bond motifs is 3. The number of ether oxygens (including phenoxy) is 1. The van der Waals surface area contributed by atoms with E-state index in [0.29, 0.717) is 27.2 Å². The Bertz CT molecular complexity index is 1090. The fourth-order valence-electron chi connectivity index (χ4n) is 3.17. The van der Waals surface area contributed by atoms with Crippen molar-refractivity contribution < 1.29 is 9.53 Å². The van der Waals surface area contributed by atoms with E-state index in [2.05, 4.69) is 9.97 Å². The highest BCUT2D eigenvalue weighted by Gasteiger charge is 2.20. The van der Waals surface area contributed by atoms with Gasteiger partial charge in [-0.2, -0.15) is 5.26 Å². The molecule has 1 aliphatic carbocycles. The summed E-state index contributed by atoms with van der Waals surface area (Å²) in [4.78, 5) is 33.7. The molecule has 4 rings (SSSR count). The highest BCUT2D eigenvalue weighted by Crippen LogP contribution is 2.33. The summed E-state index contributed by atoms with van der Waals surface area (Å²) in [7, 11) is 0. The molecule has 1 N–H and O–H groups in total. The number of nitrogens with zero attached hydrogens (tertiary/aromatic N) is 2. The molecule has 0 spiro atoms. The molecule has 1 aliphatic rings. The minimum Gasteiger partial charge on any atom is -0.454 e. The lowest BCUT2D eigenvalue weighted by Gasteiger charge is -2.09. The topological polar surface area (TPSA) is 95.8 Å². The van der Waals surface area contributed by atoms with Crippen LogP contribution in [0.5, 0.6) is 0 Å². The third-order valence-corrected chi connectivity index (χ3v) is 5.65. The number of esters is 1. The number of thiophene rings is 1. The molecule has 0 saturated heterocycles. The van der Waals surface area contributed by atoms with Crippen molar-refractivity contribution >= 4 is 27.5 Å². The fraction of sp³-hybridized carbons (Fsp3) is 0.263. The molecule has 3 aromatic rings. The number of rotatable bonds is 3. The maximum Gasteiger partial charge on any atom is 0.338 e. The lowest BCUT2D eigenvalue weighted by Crippen LogP contribution is -2.15. The summed E-state index contributed by atoms with van der Waals surface area (Å²) in [5, 5.41) is 9.47. The van der Waals surface area contributed by atoms with Gasteiger partial charge in [0.05, 0.1) is 22.6 Å². The summed E-state index contributed by atoms with van der Waals surface area (Å²) in [5.74, 6) is -0.189. The molecule has 0 bridgehead atoms.